The van der Waals surface area contributed by atoms with Crippen LogP contribution in [0.3, 0.4) is 0 Å². The van der Waals surface area contributed by atoms with Crippen molar-refractivity contribution in [1.82, 2.24) is 15.4 Å². The Morgan fingerprint density at radius 3 is 2.58 bits per heavy atom. The largest absolute Gasteiger partial charge is 0.418 e. The molecule has 2 rings (SSSR count). The van der Waals surface area contributed by atoms with E-state index in [1.54, 1.807) is 0 Å². The zero-order valence-electron chi connectivity index (χ0n) is 12.6. The molecule has 2 fully saturated rings. The normalized spacial score (nSPS) is 24.3. The van der Waals surface area contributed by atoms with Crippen LogP contribution in [0.15, 0.2) is 0 Å². The summed E-state index contributed by atoms with van der Waals surface area (Å²) in [5.41, 5.74) is 2.07. The number of rotatable bonds is 7. The molecule has 0 aromatic carbocycles. The molecule has 2 saturated heterocycles. The van der Waals surface area contributed by atoms with Crippen LogP contribution in [0.25, 0.3) is 0 Å². The summed E-state index contributed by atoms with van der Waals surface area (Å²) in [4.78, 5) is 30.0. The lowest BCUT2D eigenvalue weighted by Gasteiger charge is -2.28. The van der Waals surface area contributed by atoms with E-state index in [-0.39, 0.29) is 31.7 Å². The fraction of sp³-hybridized carbons (Fsp3) is 0.800. The molecular weight excluding hydrogens is 370 g/mol. The van der Waals surface area contributed by atoms with E-state index in [1.807, 2.05) is 0 Å². The molecule has 2 heterocycles. The third-order valence-corrected chi connectivity index (χ3v) is 4.79. The highest BCUT2D eigenvalue weighted by Gasteiger charge is 2.49. The molecule has 0 aliphatic carbocycles. The second kappa shape index (κ2) is 6.79. The number of piperidine rings is 1. The van der Waals surface area contributed by atoms with Crippen LogP contribution in [0.5, 0.6) is 0 Å². The van der Waals surface area contributed by atoms with Gasteiger partial charge in [0.2, 0.25) is 0 Å². The molecule has 0 aromatic heterocycles. The summed E-state index contributed by atoms with van der Waals surface area (Å²) in [5.74, 6) is -0.942. The fourth-order valence-electron chi connectivity index (χ4n) is 2.49. The zero-order chi connectivity index (χ0) is 18.1. The van der Waals surface area contributed by atoms with Crippen LogP contribution in [-0.2, 0) is 34.2 Å². The van der Waals surface area contributed by atoms with E-state index >= 15 is 0 Å². The first-order chi connectivity index (χ1) is 11.0. The molecule has 0 radical (unpaired) electrons. The first-order valence-electron chi connectivity index (χ1n) is 6.84. The molecule has 2 bridgehead atoms. The lowest BCUT2D eigenvalue weighted by molar-refractivity contribution is -0.138. The van der Waals surface area contributed by atoms with E-state index in [4.69, 9.17) is 9.39 Å². The van der Waals surface area contributed by atoms with E-state index in [0.29, 0.717) is 5.06 Å². The predicted molar refractivity (Wildman–Crippen MR) is 77.2 cm³/mol. The van der Waals surface area contributed by atoms with E-state index in [0.717, 1.165) is 11.2 Å². The van der Waals surface area contributed by atoms with E-state index < -0.39 is 44.3 Å². The number of carbonyl (C=O) groups is 2. The van der Waals surface area contributed by atoms with Crippen molar-refractivity contribution < 1.29 is 40.1 Å². The topological polar surface area (TPSA) is 160 Å². The van der Waals surface area contributed by atoms with Crippen molar-refractivity contribution in [3.8, 4) is 0 Å². The predicted octanol–water partition coefficient (Wildman–Crippen LogP) is -1.92. The van der Waals surface area contributed by atoms with Crippen LogP contribution in [0.1, 0.15) is 12.8 Å². The Balaban J connectivity index is 1.92. The van der Waals surface area contributed by atoms with E-state index in [1.165, 1.54) is 0 Å². The number of hydrogen-bond acceptors (Lipinski definition) is 8. The summed E-state index contributed by atoms with van der Waals surface area (Å²) < 4.78 is 56.3. The molecule has 14 heteroatoms. The number of carbonyl (C=O) groups excluding carboxylic acids is 2. The Morgan fingerprint density at radius 2 is 2.00 bits per heavy atom. The zero-order valence-corrected chi connectivity index (χ0v) is 14.2. The molecule has 0 spiro atoms. The molecule has 12 nitrogen and oxygen atoms in total. The van der Waals surface area contributed by atoms with Gasteiger partial charge in [0.05, 0.1) is 18.4 Å². The smallest absolute Gasteiger partial charge is 0.309 e. The maximum atomic E-state index is 12.1. The van der Waals surface area contributed by atoms with Gasteiger partial charge < -0.3 is 4.90 Å². The van der Waals surface area contributed by atoms with Gasteiger partial charge in [0, 0.05) is 12.8 Å². The second-order valence-corrected chi connectivity index (χ2v) is 8.72. The van der Waals surface area contributed by atoms with Gasteiger partial charge in [0.25, 0.3) is 5.91 Å². The molecule has 0 saturated carbocycles. The Kier molecular flexibility index (Phi) is 5.34. The quantitative estimate of drug-likeness (QED) is 0.288. The van der Waals surface area contributed by atoms with Gasteiger partial charge >= 0.3 is 16.4 Å². The standard InChI is InChI=1S/C10H17N3O9S2/c1-23(16,17)5-4-21-11-9(14)8-3-2-7-6-12(8)10(15)13(7)22-24(18,19)20/h7-8H,2-6H2,1H3,(H,11,14)(H,18,19,20)/t7?,8-/m0/s1. The van der Waals surface area contributed by atoms with Crippen molar-refractivity contribution in [2.45, 2.75) is 24.9 Å². The molecule has 24 heavy (non-hydrogen) atoms. The minimum absolute atomic E-state index is 0.0514. The number of hydroxylamine groups is 3. The molecule has 2 aliphatic rings. The highest BCUT2D eigenvalue weighted by Crippen LogP contribution is 2.30. The molecule has 138 valence electrons. The van der Waals surface area contributed by atoms with Gasteiger partial charge in [0.1, 0.15) is 15.9 Å². The van der Waals surface area contributed by atoms with Crippen molar-refractivity contribution >= 4 is 32.2 Å². The molecule has 2 atom stereocenters. The number of amides is 3. The van der Waals surface area contributed by atoms with Gasteiger partial charge in [-0.05, 0) is 12.8 Å². The summed E-state index contributed by atoms with van der Waals surface area (Å²) in [7, 11) is -8.09. The highest BCUT2D eigenvalue weighted by atomic mass is 32.3. The van der Waals surface area contributed by atoms with Gasteiger partial charge in [0.15, 0.2) is 0 Å². The van der Waals surface area contributed by atoms with Crippen LogP contribution < -0.4 is 5.48 Å². The number of hydrogen-bond donors (Lipinski definition) is 2. The number of nitrogens with one attached hydrogen (secondary N) is 1. The van der Waals surface area contributed by atoms with Crippen LogP contribution >= 0.6 is 0 Å². The molecule has 0 aromatic rings. The molecular formula is C10H17N3O9S2. The van der Waals surface area contributed by atoms with Crippen molar-refractivity contribution in [3.63, 3.8) is 0 Å². The third-order valence-electron chi connectivity index (χ3n) is 3.53. The SMILES string of the molecule is CS(=O)(=O)CCONC(=O)[C@@H]1CCC2CN1C(=O)N2OS(=O)(=O)O. The van der Waals surface area contributed by atoms with Crippen LogP contribution in [0.2, 0.25) is 0 Å². The molecule has 3 amide bonds. The Morgan fingerprint density at radius 1 is 1.33 bits per heavy atom. The summed E-state index contributed by atoms with van der Waals surface area (Å²) in [6.45, 7) is -0.193. The first-order valence-corrected chi connectivity index (χ1v) is 10.3. The number of nitrogens with zero attached hydrogens (tertiary/aromatic N) is 2. The maximum Gasteiger partial charge on any atom is 0.418 e. The monoisotopic (exact) mass is 387 g/mol. The number of sulfone groups is 1. The molecule has 2 aliphatic heterocycles. The lowest BCUT2D eigenvalue weighted by atomic mass is 10.0. The van der Waals surface area contributed by atoms with Crippen molar-refractivity contribution in [2.24, 2.45) is 0 Å². The van der Waals surface area contributed by atoms with Gasteiger partial charge in [-0.1, -0.05) is 0 Å². The van der Waals surface area contributed by atoms with Crippen LogP contribution in [-0.4, -0.2) is 80.5 Å². The average Bonchev–Trinajstić information content (AvgIpc) is 2.66. The fourth-order valence-corrected chi connectivity index (χ4v) is 3.26. The van der Waals surface area contributed by atoms with E-state index in [9.17, 15) is 26.4 Å². The Bertz CT molecular complexity index is 720. The highest BCUT2D eigenvalue weighted by molar-refractivity contribution is 7.90. The summed E-state index contributed by atoms with van der Waals surface area (Å²) in [5, 5.41) is 0.521. The summed E-state index contributed by atoms with van der Waals surface area (Å²) in [6, 6.07) is -2.39. The van der Waals surface area contributed by atoms with Gasteiger partial charge in [-0.2, -0.15) is 13.5 Å². The first kappa shape index (κ1) is 18.9. The van der Waals surface area contributed by atoms with Crippen LogP contribution in [0.4, 0.5) is 4.79 Å². The lowest BCUT2D eigenvalue weighted by Crippen LogP contribution is -2.49. The Labute approximate surface area is 138 Å². The van der Waals surface area contributed by atoms with Gasteiger partial charge in [-0.15, -0.1) is 4.28 Å². The minimum atomic E-state index is -4.85. The third kappa shape index (κ3) is 4.76. The van der Waals surface area contributed by atoms with Crippen LogP contribution in [0, 0.1) is 0 Å². The summed E-state index contributed by atoms with van der Waals surface area (Å²) in [6.07, 6.45) is 1.52. The van der Waals surface area contributed by atoms with Gasteiger partial charge in [-0.3, -0.25) is 14.2 Å². The number of fused-ring (bicyclic) bond motifs is 2. The summed E-state index contributed by atoms with van der Waals surface area (Å²) >= 11 is 0. The van der Waals surface area contributed by atoms with Crippen molar-refractivity contribution in [1.29, 1.82) is 0 Å². The number of urea groups is 1. The Hall–Kier alpha value is -1.48. The molecule has 2 N–H and O–H groups in total. The average molecular weight is 387 g/mol. The van der Waals surface area contributed by atoms with Crippen molar-refractivity contribution in [2.75, 3.05) is 25.2 Å². The molecule has 1 unspecified atom stereocenters. The second-order valence-electron chi connectivity index (χ2n) is 5.45. The van der Waals surface area contributed by atoms with Gasteiger partial charge in [-0.25, -0.2) is 18.7 Å². The van der Waals surface area contributed by atoms with Crippen molar-refractivity contribution in [3.05, 3.63) is 0 Å². The minimum Gasteiger partial charge on any atom is -0.309 e. The van der Waals surface area contributed by atoms with E-state index in [2.05, 4.69) is 9.76 Å². The maximum absolute atomic E-state index is 12.1.